The van der Waals surface area contributed by atoms with E-state index in [-0.39, 0.29) is 37.6 Å². The molecule has 1 aromatic carbocycles. The summed E-state index contributed by atoms with van der Waals surface area (Å²) in [5.41, 5.74) is 0.891. The third-order valence-corrected chi connectivity index (χ3v) is 5.01. The molecule has 132 valence electrons. The average Bonchev–Trinajstić information content (AvgIpc) is 2.85. The van der Waals surface area contributed by atoms with Crippen molar-refractivity contribution < 1.29 is 22.7 Å². The minimum atomic E-state index is -3.43. The van der Waals surface area contributed by atoms with E-state index in [1.54, 1.807) is 6.92 Å². The van der Waals surface area contributed by atoms with Gasteiger partial charge in [0.1, 0.15) is 13.3 Å². The molecule has 1 fully saturated rings. The van der Waals surface area contributed by atoms with Gasteiger partial charge < -0.3 is 4.74 Å². The summed E-state index contributed by atoms with van der Waals surface area (Å²) in [4.78, 5) is 23.5. The van der Waals surface area contributed by atoms with Gasteiger partial charge in [-0.1, -0.05) is 30.3 Å². The summed E-state index contributed by atoms with van der Waals surface area (Å²) >= 11 is 0. The second-order valence-electron chi connectivity index (χ2n) is 5.51. The molecule has 1 aliphatic rings. The number of nitrogens with zero attached hydrogens (tertiary/aromatic N) is 1. The highest BCUT2D eigenvalue weighted by Gasteiger charge is 2.26. The van der Waals surface area contributed by atoms with Gasteiger partial charge in [-0.05, 0) is 18.9 Å². The number of amides is 3. The van der Waals surface area contributed by atoms with Crippen LogP contribution in [0.3, 0.4) is 0 Å². The molecule has 2 N–H and O–H groups in total. The van der Waals surface area contributed by atoms with Crippen LogP contribution in [0.15, 0.2) is 30.3 Å². The standard InChI is InChI=1S/C15H21N3O5S/c1-12(13-6-3-2-4-7-13)17-24(21,22)9-5-8-23-11-18-10-14(19)16-15(18)20/h2-4,6-7,12,17H,5,8-11H2,1H3,(H,16,19,20)/t12-/m1/s1. The Labute approximate surface area is 141 Å². The van der Waals surface area contributed by atoms with Crippen LogP contribution < -0.4 is 10.0 Å². The highest BCUT2D eigenvalue weighted by Crippen LogP contribution is 2.12. The number of carbonyl (C=O) groups is 2. The normalized spacial score (nSPS) is 16.3. The molecule has 0 saturated carbocycles. The summed E-state index contributed by atoms with van der Waals surface area (Å²) in [6.45, 7) is 1.89. The topological polar surface area (TPSA) is 105 Å². The van der Waals surface area contributed by atoms with Crippen molar-refractivity contribution in [1.29, 1.82) is 0 Å². The van der Waals surface area contributed by atoms with Crippen molar-refractivity contribution >= 4 is 22.0 Å². The number of imide groups is 1. The number of nitrogens with one attached hydrogen (secondary N) is 2. The molecule has 0 unspecified atom stereocenters. The zero-order valence-electron chi connectivity index (χ0n) is 13.4. The summed E-state index contributed by atoms with van der Waals surface area (Å²) in [5, 5.41) is 2.13. The SMILES string of the molecule is C[C@@H](NS(=O)(=O)CCCOCN1CC(=O)NC1=O)c1ccccc1. The molecule has 9 heteroatoms. The first-order valence-electron chi connectivity index (χ1n) is 7.59. The van der Waals surface area contributed by atoms with Crippen molar-refractivity contribution in [3.8, 4) is 0 Å². The summed E-state index contributed by atoms with van der Waals surface area (Å²) in [7, 11) is -3.43. The second-order valence-corrected chi connectivity index (χ2v) is 7.38. The fourth-order valence-electron chi connectivity index (χ4n) is 2.25. The number of rotatable bonds is 9. The fraction of sp³-hybridized carbons (Fsp3) is 0.467. The lowest BCUT2D eigenvalue weighted by molar-refractivity contribution is -0.118. The van der Waals surface area contributed by atoms with Gasteiger partial charge in [0.25, 0.3) is 0 Å². The molecule has 1 heterocycles. The number of urea groups is 1. The Morgan fingerprint density at radius 1 is 1.29 bits per heavy atom. The van der Waals surface area contributed by atoms with E-state index in [1.165, 1.54) is 4.90 Å². The molecule has 1 atom stereocenters. The van der Waals surface area contributed by atoms with Crippen LogP contribution in [0.25, 0.3) is 0 Å². The largest absolute Gasteiger partial charge is 0.361 e. The Hall–Kier alpha value is -1.97. The first-order valence-corrected chi connectivity index (χ1v) is 9.24. The van der Waals surface area contributed by atoms with E-state index in [4.69, 9.17) is 4.74 Å². The Balaban J connectivity index is 1.67. The molecule has 0 bridgehead atoms. The van der Waals surface area contributed by atoms with Crippen LogP contribution in [0, 0.1) is 0 Å². The molecule has 3 amide bonds. The Morgan fingerprint density at radius 2 is 2.00 bits per heavy atom. The summed E-state index contributed by atoms with van der Waals surface area (Å²) in [6.07, 6.45) is 0.292. The number of ether oxygens (including phenoxy) is 1. The number of benzene rings is 1. The maximum absolute atomic E-state index is 12.0. The molecule has 0 aromatic heterocycles. The van der Waals surface area contributed by atoms with Crippen LogP contribution in [0.5, 0.6) is 0 Å². The predicted octanol–water partition coefficient (Wildman–Crippen LogP) is 0.583. The van der Waals surface area contributed by atoms with Crippen molar-refractivity contribution in [3.63, 3.8) is 0 Å². The minimum absolute atomic E-state index is 0.0344. The zero-order valence-corrected chi connectivity index (χ0v) is 14.2. The van der Waals surface area contributed by atoms with E-state index in [0.717, 1.165) is 5.56 Å². The first-order chi connectivity index (χ1) is 11.4. The molecule has 2 rings (SSSR count). The lowest BCUT2D eigenvalue weighted by atomic mass is 10.1. The first kappa shape index (κ1) is 18.4. The maximum Gasteiger partial charge on any atom is 0.326 e. The highest BCUT2D eigenvalue weighted by atomic mass is 32.2. The molecule has 1 aromatic rings. The molecule has 0 radical (unpaired) electrons. The van der Waals surface area contributed by atoms with E-state index < -0.39 is 16.1 Å². The maximum atomic E-state index is 12.0. The third-order valence-electron chi connectivity index (χ3n) is 3.47. The van der Waals surface area contributed by atoms with E-state index >= 15 is 0 Å². The molecule has 8 nitrogen and oxygen atoms in total. The minimum Gasteiger partial charge on any atom is -0.361 e. The van der Waals surface area contributed by atoms with Crippen molar-refractivity contribution in [3.05, 3.63) is 35.9 Å². The van der Waals surface area contributed by atoms with Crippen LogP contribution in [-0.2, 0) is 19.6 Å². The van der Waals surface area contributed by atoms with Crippen molar-refractivity contribution in [2.75, 3.05) is 25.6 Å². The Bertz CT molecular complexity index is 678. The zero-order chi connectivity index (χ0) is 17.6. The van der Waals surface area contributed by atoms with Gasteiger partial charge in [0, 0.05) is 12.6 Å². The highest BCUT2D eigenvalue weighted by molar-refractivity contribution is 7.89. The van der Waals surface area contributed by atoms with Gasteiger partial charge in [-0.15, -0.1) is 0 Å². The van der Waals surface area contributed by atoms with Crippen LogP contribution >= 0.6 is 0 Å². The smallest absolute Gasteiger partial charge is 0.326 e. The molecule has 0 spiro atoms. The molecule has 0 aliphatic carbocycles. The molecule has 1 saturated heterocycles. The van der Waals surface area contributed by atoms with Gasteiger partial charge in [-0.3, -0.25) is 15.0 Å². The van der Waals surface area contributed by atoms with Gasteiger partial charge in [0.15, 0.2) is 0 Å². The number of hydrogen-bond acceptors (Lipinski definition) is 5. The third kappa shape index (κ3) is 5.59. The van der Waals surface area contributed by atoms with Gasteiger partial charge in [-0.2, -0.15) is 0 Å². The Kier molecular flexibility index (Phi) is 6.29. The van der Waals surface area contributed by atoms with Gasteiger partial charge >= 0.3 is 6.03 Å². The monoisotopic (exact) mass is 355 g/mol. The van der Waals surface area contributed by atoms with Gasteiger partial charge in [0.2, 0.25) is 15.9 Å². The van der Waals surface area contributed by atoms with Crippen molar-refractivity contribution in [2.24, 2.45) is 0 Å². The molecular formula is C15H21N3O5S. The average molecular weight is 355 g/mol. The van der Waals surface area contributed by atoms with Crippen LogP contribution in [0.1, 0.15) is 24.9 Å². The van der Waals surface area contributed by atoms with E-state index in [1.807, 2.05) is 30.3 Å². The van der Waals surface area contributed by atoms with Crippen molar-refractivity contribution in [1.82, 2.24) is 14.9 Å². The van der Waals surface area contributed by atoms with Crippen LogP contribution in [0.4, 0.5) is 4.79 Å². The second kappa shape index (κ2) is 8.22. The van der Waals surface area contributed by atoms with Crippen LogP contribution in [-0.4, -0.2) is 50.9 Å². The van der Waals surface area contributed by atoms with E-state index in [0.29, 0.717) is 6.42 Å². The summed E-state index contributed by atoms with van der Waals surface area (Å²) in [6, 6.07) is 8.50. The lowest BCUT2D eigenvalue weighted by Crippen LogP contribution is -2.31. The number of sulfonamides is 1. The molecule has 24 heavy (non-hydrogen) atoms. The van der Waals surface area contributed by atoms with Gasteiger partial charge in [0.05, 0.1) is 5.75 Å². The quantitative estimate of drug-likeness (QED) is 0.498. The van der Waals surface area contributed by atoms with E-state index in [9.17, 15) is 18.0 Å². The van der Waals surface area contributed by atoms with Crippen LogP contribution in [0.2, 0.25) is 0 Å². The number of hydrogen-bond donors (Lipinski definition) is 2. The van der Waals surface area contributed by atoms with Crippen molar-refractivity contribution in [2.45, 2.75) is 19.4 Å². The van der Waals surface area contributed by atoms with Gasteiger partial charge in [-0.25, -0.2) is 17.9 Å². The fourth-order valence-corrected chi connectivity index (χ4v) is 3.54. The lowest BCUT2D eigenvalue weighted by Gasteiger charge is -2.15. The molecule has 1 aliphatic heterocycles. The molecular weight excluding hydrogens is 334 g/mol. The Morgan fingerprint density at radius 3 is 2.62 bits per heavy atom. The predicted molar refractivity (Wildman–Crippen MR) is 87.5 cm³/mol. The summed E-state index contributed by atoms with van der Waals surface area (Å²) in [5.74, 6) is -0.444. The van der Waals surface area contributed by atoms with E-state index in [2.05, 4.69) is 10.0 Å². The number of carbonyl (C=O) groups excluding carboxylic acids is 2. The summed E-state index contributed by atoms with van der Waals surface area (Å²) < 4.78 is 31.9.